The molecular weight excluding hydrogens is 244 g/mol. The summed E-state index contributed by atoms with van der Waals surface area (Å²) in [6, 6.07) is 19.7. The van der Waals surface area contributed by atoms with Gasteiger partial charge in [-0.2, -0.15) is 0 Å². The molecule has 3 rings (SSSR count). The lowest BCUT2D eigenvalue weighted by Crippen LogP contribution is -2.19. The van der Waals surface area contributed by atoms with Crippen LogP contribution in [0, 0.1) is 0 Å². The zero-order valence-electron chi connectivity index (χ0n) is 12.0. The van der Waals surface area contributed by atoms with Gasteiger partial charge in [0.25, 0.3) is 0 Å². The second-order valence-electron chi connectivity index (χ2n) is 5.72. The fraction of sp³-hybridized carbons (Fsp3) is 0.333. The van der Waals surface area contributed by atoms with E-state index in [1.807, 2.05) is 6.92 Å². The number of hydrogen-bond acceptors (Lipinski definition) is 2. The highest BCUT2D eigenvalue weighted by molar-refractivity contribution is 5.49. The number of rotatable bonds is 3. The summed E-state index contributed by atoms with van der Waals surface area (Å²) in [5.74, 6) is 0.657. The highest BCUT2D eigenvalue weighted by Gasteiger charge is 2.23. The molecule has 0 spiro atoms. The summed E-state index contributed by atoms with van der Waals surface area (Å²) in [4.78, 5) is 2.47. The maximum absolute atomic E-state index is 5.90. The average molecular weight is 266 g/mol. The first-order valence-electron chi connectivity index (χ1n) is 7.39. The zero-order valence-corrected chi connectivity index (χ0v) is 12.0. The highest BCUT2D eigenvalue weighted by atomic mass is 15.1. The third-order valence-electron chi connectivity index (χ3n) is 4.24. The number of nitrogens with two attached hydrogens (primary N) is 1. The molecule has 1 saturated heterocycles. The maximum atomic E-state index is 5.90. The maximum Gasteiger partial charge on any atom is 0.0366 e. The number of benzene rings is 2. The van der Waals surface area contributed by atoms with Gasteiger partial charge in [-0.25, -0.2) is 0 Å². The summed E-state index contributed by atoms with van der Waals surface area (Å²) in [5.41, 5.74) is 9.88. The Hall–Kier alpha value is -1.80. The van der Waals surface area contributed by atoms with Crippen LogP contribution in [0.15, 0.2) is 54.6 Å². The predicted molar refractivity (Wildman–Crippen MR) is 85.1 cm³/mol. The monoisotopic (exact) mass is 266 g/mol. The molecular formula is C18H22N2. The van der Waals surface area contributed by atoms with Crippen molar-refractivity contribution in [3.63, 3.8) is 0 Å². The summed E-state index contributed by atoms with van der Waals surface area (Å²) in [6.45, 7) is 4.27. The second-order valence-corrected chi connectivity index (χ2v) is 5.72. The average Bonchev–Trinajstić information content (AvgIpc) is 2.98. The van der Waals surface area contributed by atoms with Crippen molar-refractivity contribution in [2.24, 2.45) is 5.73 Å². The first-order valence-corrected chi connectivity index (χ1v) is 7.39. The van der Waals surface area contributed by atoms with E-state index in [2.05, 4.69) is 59.5 Å². The molecule has 2 atom stereocenters. The van der Waals surface area contributed by atoms with Gasteiger partial charge in [-0.1, -0.05) is 42.5 Å². The van der Waals surface area contributed by atoms with Gasteiger partial charge in [0.15, 0.2) is 0 Å². The zero-order chi connectivity index (χ0) is 13.9. The summed E-state index contributed by atoms with van der Waals surface area (Å²) in [5, 5.41) is 0. The lowest BCUT2D eigenvalue weighted by atomic mass is 9.99. The van der Waals surface area contributed by atoms with E-state index in [1.165, 1.54) is 23.2 Å². The molecule has 1 heterocycles. The van der Waals surface area contributed by atoms with E-state index < -0.39 is 0 Å². The third kappa shape index (κ3) is 2.70. The van der Waals surface area contributed by atoms with Gasteiger partial charge in [0.05, 0.1) is 0 Å². The van der Waals surface area contributed by atoms with Crippen LogP contribution in [-0.2, 0) is 0 Å². The van der Waals surface area contributed by atoms with Crippen LogP contribution >= 0.6 is 0 Å². The van der Waals surface area contributed by atoms with Crippen LogP contribution in [0.25, 0.3) is 0 Å². The summed E-state index contributed by atoms with van der Waals surface area (Å²) in [7, 11) is 0. The molecule has 2 N–H and O–H groups in total. The summed E-state index contributed by atoms with van der Waals surface area (Å²) < 4.78 is 0. The third-order valence-corrected chi connectivity index (χ3v) is 4.24. The minimum Gasteiger partial charge on any atom is -0.371 e. The van der Waals surface area contributed by atoms with Crippen LogP contribution in [0.1, 0.15) is 36.4 Å². The fourth-order valence-corrected chi connectivity index (χ4v) is 2.98. The first-order chi connectivity index (χ1) is 9.74. The van der Waals surface area contributed by atoms with Gasteiger partial charge in [-0.3, -0.25) is 0 Å². The number of hydrogen-bond donors (Lipinski definition) is 1. The molecule has 0 bridgehead atoms. The SMILES string of the molecule is CC(N)c1ccc(N2CCC(c3ccccc3)C2)cc1. The van der Waals surface area contributed by atoms with Gasteiger partial charge in [0, 0.05) is 30.7 Å². The van der Waals surface area contributed by atoms with Gasteiger partial charge in [0.1, 0.15) is 0 Å². The molecule has 104 valence electrons. The van der Waals surface area contributed by atoms with Gasteiger partial charge in [-0.05, 0) is 36.6 Å². The Morgan fingerprint density at radius 3 is 2.40 bits per heavy atom. The van der Waals surface area contributed by atoms with Crippen molar-refractivity contribution in [2.75, 3.05) is 18.0 Å². The van der Waals surface area contributed by atoms with E-state index in [0.29, 0.717) is 5.92 Å². The van der Waals surface area contributed by atoms with Crippen LogP contribution in [0.2, 0.25) is 0 Å². The van der Waals surface area contributed by atoms with E-state index in [0.717, 1.165) is 13.1 Å². The minimum atomic E-state index is 0.111. The lowest BCUT2D eigenvalue weighted by Gasteiger charge is -2.19. The van der Waals surface area contributed by atoms with Gasteiger partial charge in [-0.15, -0.1) is 0 Å². The Labute approximate surface area is 121 Å². The number of nitrogens with zero attached hydrogens (tertiary/aromatic N) is 1. The van der Waals surface area contributed by atoms with Crippen LogP contribution in [0.3, 0.4) is 0 Å². The molecule has 1 aliphatic heterocycles. The molecule has 0 aromatic heterocycles. The normalized spacial score (nSPS) is 20.1. The van der Waals surface area contributed by atoms with Crippen molar-refractivity contribution in [3.05, 3.63) is 65.7 Å². The van der Waals surface area contributed by atoms with Crippen LogP contribution in [-0.4, -0.2) is 13.1 Å². The van der Waals surface area contributed by atoms with E-state index in [4.69, 9.17) is 5.73 Å². The van der Waals surface area contributed by atoms with Crippen molar-refractivity contribution in [1.29, 1.82) is 0 Å². The Morgan fingerprint density at radius 2 is 1.75 bits per heavy atom. The van der Waals surface area contributed by atoms with Gasteiger partial charge in [0.2, 0.25) is 0 Å². The Kier molecular flexibility index (Phi) is 3.75. The number of anilines is 1. The first kappa shape index (κ1) is 13.2. The Balaban J connectivity index is 1.71. The molecule has 0 aliphatic carbocycles. The molecule has 1 aliphatic rings. The molecule has 0 radical (unpaired) electrons. The topological polar surface area (TPSA) is 29.3 Å². The van der Waals surface area contributed by atoms with Crippen LogP contribution in [0.4, 0.5) is 5.69 Å². The van der Waals surface area contributed by atoms with Crippen molar-refractivity contribution in [2.45, 2.75) is 25.3 Å². The van der Waals surface area contributed by atoms with Crippen molar-refractivity contribution < 1.29 is 0 Å². The molecule has 2 aromatic rings. The standard InChI is InChI=1S/C18H22N2/c1-14(19)15-7-9-18(10-8-15)20-12-11-17(13-20)16-5-3-2-4-6-16/h2-10,14,17H,11-13,19H2,1H3. The predicted octanol–water partition coefficient (Wildman–Crippen LogP) is 3.70. The lowest BCUT2D eigenvalue weighted by molar-refractivity contribution is 0.775. The molecule has 2 heteroatoms. The molecule has 0 amide bonds. The van der Waals surface area contributed by atoms with Gasteiger partial charge < -0.3 is 10.6 Å². The molecule has 1 fully saturated rings. The fourth-order valence-electron chi connectivity index (χ4n) is 2.98. The minimum absolute atomic E-state index is 0.111. The van der Waals surface area contributed by atoms with E-state index in [9.17, 15) is 0 Å². The van der Waals surface area contributed by atoms with E-state index >= 15 is 0 Å². The van der Waals surface area contributed by atoms with Crippen molar-refractivity contribution in [3.8, 4) is 0 Å². The van der Waals surface area contributed by atoms with Gasteiger partial charge >= 0.3 is 0 Å². The molecule has 2 nitrogen and oxygen atoms in total. The molecule has 0 saturated carbocycles. The quantitative estimate of drug-likeness (QED) is 0.918. The smallest absolute Gasteiger partial charge is 0.0366 e. The molecule has 2 aromatic carbocycles. The highest BCUT2D eigenvalue weighted by Crippen LogP contribution is 2.30. The summed E-state index contributed by atoms with van der Waals surface area (Å²) in [6.07, 6.45) is 1.24. The van der Waals surface area contributed by atoms with E-state index in [-0.39, 0.29) is 6.04 Å². The summed E-state index contributed by atoms with van der Waals surface area (Å²) >= 11 is 0. The second kappa shape index (κ2) is 5.68. The van der Waals surface area contributed by atoms with Crippen LogP contribution in [0.5, 0.6) is 0 Å². The van der Waals surface area contributed by atoms with E-state index in [1.54, 1.807) is 0 Å². The van der Waals surface area contributed by atoms with Crippen molar-refractivity contribution in [1.82, 2.24) is 0 Å². The Morgan fingerprint density at radius 1 is 1.05 bits per heavy atom. The molecule has 20 heavy (non-hydrogen) atoms. The van der Waals surface area contributed by atoms with Crippen LogP contribution < -0.4 is 10.6 Å². The largest absolute Gasteiger partial charge is 0.371 e. The molecule has 2 unspecified atom stereocenters. The van der Waals surface area contributed by atoms with Crippen molar-refractivity contribution >= 4 is 5.69 Å². The Bertz CT molecular complexity index is 545.